The summed E-state index contributed by atoms with van der Waals surface area (Å²) in [6.07, 6.45) is 1.84. The third-order valence-corrected chi connectivity index (χ3v) is 3.18. The fourth-order valence-corrected chi connectivity index (χ4v) is 2.23. The zero-order valence-electron chi connectivity index (χ0n) is 8.34. The second kappa shape index (κ2) is 4.24. The van der Waals surface area contributed by atoms with E-state index in [0.29, 0.717) is 5.56 Å². The summed E-state index contributed by atoms with van der Waals surface area (Å²) >= 11 is 1.66. The second-order valence-electron chi connectivity index (χ2n) is 3.20. The van der Waals surface area contributed by atoms with Crippen LogP contribution in [0.5, 0.6) is 0 Å². The van der Waals surface area contributed by atoms with Crippen molar-refractivity contribution in [1.29, 1.82) is 5.26 Å². The van der Waals surface area contributed by atoms with Gasteiger partial charge >= 0.3 is 0 Å². The average Bonchev–Trinajstić information content (AvgIpc) is 2.61. The summed E-state index contributed by atoms with van der Waals surface area (Å²) < 4.78 is 1.97. The summed E-state index contributed by atoms with van der Waals surface area (Å²) in [5.74, 6) is 0. The fourth-order valence-electron chi connectivity index (χ4n) is 1.32. The summed E-state index contributed by atoms with van der Waals surface area (Å²) in [5, 5.41) is 9.85. The van der Waals surface area contributed by atoms with E-state index in [2.05, 4.69) is 18.2 Å². The van der Waals surface area contributed by atoms with Gasteiger partial charge in [-0.1, -0.05) is 30.0 Å². The van der Waals surface area contributed by atoms with Crippen LogP contribution in [0.1, 0.15) is 5.56 Å². The van der Waals surface area contributed by atoms with Crippen molar-refractivity contribution in [3.63, 3.8) is 0 Å². The molecular formula is C12H10N2S. The maximum absolute atomic E-state index is 8.77. The van der Waals surface area contributed by atoms with E-state index < -0.39 is 0 Å². The molecule has 0 aliphatic carbocycles. The standard InChI is InChI=1S/C12H10N2S/c1-14-9-10(8-13)7-12(14)15-11-5-3-2-4-6-11/h2-7,9H,1H3. The van der Waals surface area contributed by atoms with Crippen molar-refractivity contribution in [3.05, 3.63) is 48.2 Å². The molecule has 0 aliphatic rings. The van der Waals surface area contributed by atoms with Gasteiger partial charge in [-0.3, -0.25) is 0 Å². The first kappa shape index (κ1) is 9.88. The van der Waals surface area contributed by atoms with Gasteiger partial charge in [-0.15, -0.1) is 0 Å². The molecule has 0 saturated heterocycles. The molecule has 2 nitrogen and oxygen atoms in total. The highest BCUT2D eigenvalue weighted by molar-refractivity contribution is 7.99. The lowest BCUT2D eigenvalue weighted by Crippen LogP contribution is -1.85. The summed E-state index contributed by atoms with van der Waals surface area (Å²) in [6, 6.07) is 14.2. The molecule has 3 heteroatoms. The van der Waals surface area contributed by atoms with Crippen LogP contribution in [0.2, 0.25) is 0 Å². The Labute approximate surface area is 93.2 Å². The molecule has 0 atom stereocenters. The summed E-state index contributed by atoms with van der Waals surface area (Å²) in [7, 11) is 1.95. The zero-order chi connectivity index (χ0) is 10.7. The molecule has 1 aromatic carbocycles. The van der Waals surface area contributed by atoms with Crippen LogP contribution < -0.4 is 0 Å². The molecule has 2 rings (SSSR count). The minimum Gasteiger partial charge on any atom is -0.344 e. The van der Waals surface area contributed by atoms with Crippen molar-refractivity contribution >= 4 is 11.8 Å². The van der Waals surface area contributed by atoms with Crippen molar-refractivity contribution in [1.82, 2.24) is 4.57 Å². The SMILES string of the molecule is Cn1cc(C#N)cc1Sc1ccccc1. The van der Waals surface area contributed by atoms with Gasteiger partial charge in [-0.25, -0.2) is 0 Å². The maximum atomic E-state index is 8.77. The van der Waals surface area contributed by atoms with Gasteiger partial charge in [-0.2, -0.15) is 5.26 Å². The van der Waals surface area contributed by atoms with Crippen LogP contribution >= 0.6 is 11.8 Å². The second-order valence-corrected chi connectivity index (χ2v) is 4.30. The van der Waals surface area contributed by atoms with Crippen LogP contribution in [-0.2, 0) is 7.05 Å². The first-order valence-electron chi connectivity index (χ1n) is 4.59. The number of benzene rings is 1. The van der Waals surface area contributed by atoms with Crippen LogP contribution in [-0.4, -0.2) is 4.57 Å². The largest absolute Gasteiger partial charge is 0.344 e. The van der Waals surface area contributed by atoms with E-state index in [1.54, 1.807) is 11.8 Å². The van der Waals surface area contributed by atoms with Crippen LogP contribution in [0, 0.1) is 11.3 Å². The van der Waals surface area contributed by atoms with Gasteiger partial charge in [0.25, 0.3) is 0 Å². The normalized spacial score (nSPS) is 9.87. The van der Waals surface area contributed by atoms with E-state index in [9.17, 15) is 0 Å². The van der Waals surface area contributed by atoms with E-state index in [4.69, 9.17) is 5.26 Å². The van der Waals surface area contributed by atoms with E-state index >= 15 is 0 Å². The monoisotopic (exact) mass is 214 g/mol. The Morgan fingerprint density at radius 2 is 2.00 bits per heavy atom. The van der Waals surface area contributed by atoms with E-state index in [1.807, 2.05) is 42.1 Å². The minimum absolute atomic E-state index is 0.705. The molecule has 1 heterocycles. The molecule has 0 N–H and O–H groups in total. The third-order valence-electron chi connectivity index (χ3n) is 2.05. The van der Waals surface area contributed by atoms with Crippen LogP contribution in [0.25, 0.3) is 0 Å². The number of nitriles is 1. The zero-order valence-corrected chi connectivity index (χ0v) is 9.16. The lowest BCUT2D eigenvalue weighted by molar-refractivity contribution is 0.828. The van der Waals surface area contributed by atoms with Crippen molar-refractivity contribution in [3.8, 4) is 6.07 Å². The lowest BCUT2D eigenvalue weighted by Gasteiger charge is -2.01. The van der Waals surface area contributed by atoms with E-state index in [1.165, 1.54) is 4.90 Å². The van der Waals surface area contributed by atoms with E-state index in [0.717, 1.165) is 5.03 Å². The van der Waals surface area contributed by atoms with Gasteiger partial charge in [0.15, 0.2) is 0 Å². The Bertz CT molecular complexity index is 494. The van der Waals surface area contributed by atoms with Crippen LogP contribution in [0.4, 0.5) is 0 Å². The van der Waals surface area contributed by atoms with Crippen molar-refractivity contribution in [2.24, 2.45) is 7.05 Å². The Morgan fingerprint density at radius 3 is 2.60 bits per heavy atom. The van der Waals surface area contributed by atoms with Gasteiger partial charge in [0, 0.05) is 18.1 Å². The number of hydrogen-bond acceptors (Lipinski definition) is 2. The highest BCUT2D eigenvalue weighted by atomic mass is 32.2. The Balaban J connectivity index is 2.25. The Morgan fingerprint density at radius 1 is 1.27 bits per heavy atom. The molecule has 0 fully saturated rings. The maximum Gasteiger partial charge on any atom is 0.101 e. The molecule has 74 valence electrons. The number of aromatic nitrogens is 1. The van der Waals surface area contributed by atoms with Crippen LogP contribution in [0.3, 0.4) is 0 Å². The van der Waals surface area contributed by atoms with Gasteiger partial charge < -0.3 is 4.57 Å². The first-order valence-corrected chi connectivity index (χ1v) is 5.40. The number of rotatable bonds is 2. The molecule has 0 bridgehead atoms. The number of hydrogen-bond donors (Lipinski definition) is 0. The molecule has 0 amide bonds. The molecule has 0 unspecified atom stereocenters. The van der Waals surface area contributed by atoms with Crippen molar-refractivity contribution < 1.29 is 0 Å². The quantitative estimate of drug-likeness (QED) is 0.768. The number of nitrogens with zero attached hydrogens (tertiary/aromatic N) is 2. The minimum atomic E-state index is 0.705. The fraction of sp³-hybridized carbons (Fsp3) is 0.0833. The van der Waals surface area contributed by atoms with Gasteiger partial charge in [-0.05, 0) is 18.2 Å². The molecule has 1 aromatic heterocycles. The lowest BCUT2D eigenvalue weighted by atomic mass is 10.4. The number of aryl methyl sites for hydroxylation is 1. The van der Waals surface area contributed by atoms with Gasteiger partial charge in [0.05, 0.1) is 10.6 Å². The molecule has 0 aliphatic heterocycles. The summed E-state index contributed by atoms with van der Waals surface area (Å²) in [6.45, 7) is 0. The average molecular weight is 214 g/mol. The molecule has 0 radical (unpaired) electrons. The van der Waals surface area contributed by atoms with E-state index in [-0.39, 0.29) is 0 Å². The Kier molecular flexibility index (Phi) is 2.79. The summed E-state index contributed by atoms with van der Waals surface area (Å²) in [5.41, 5.74) is 0.705. The van der Waals surface area contributed by atoms with Crippen molar-refractivity contribution in [2.75, 3.05) is 0 Å². The topological polar surface area (TPSA) is 28.7 Å². The summed E-state index contributed by atoms with van der Waals surface area (Å²) in [4.78, 5) is 1.18. The molecular weight excluding hydrogens is 204 g/mol. The van der Waals surface area contributed by atoms with Crippen LogP contribution in [0.15, 0.2) is 52.5 Å². The van der Waals surface area contributed by atoms with Gasteiger partial charge in [0.1, 0.15) is 6.07 Å². The highest BCUT2D eigenvalue weighted by Crippen LogP contribution is 2.28. The molecule has 0 saturated carbocycles. The highest BCUT2D eigenvalue weighted by Gasteiger charge is 2.03. The van der Waals surface area contributed by atoms with Crippen molar-refractivity contribution in [2.45, 2.75) is 9.92 Å². The van der Waals surface area contributed by atoms with Gasteiger partial charge in [0.2, 0.25) is 0 Å². The first-order chi connectivity index (χ1) is 7.29. The Hall–Kier alpha value is -1.66. The molecule has 0 spiro atoms. The molecule has 2 aromatic rings. The third kappa shape index (κ3) is 2.23. The predicted octanol–water partition coefficient (Wildman–Crippen LogP) is 3.05. The predicted molar refractivity (Wildman–Crippen MR) is 60.7 cm³/mol. The molecule has 15 heavy (non-hydrogen) atoms. The smallest absolute Gasteiger partial charge is 0.101 e.